The van der Waals surface area contributed by atoms with E-state index in [-0.39, 0.29) is 23.6 Å². The number of rotatable bonds is 3. The maximum atomic E-state index is 11.7. The fourth-order valence-corrected chi connectivity index (χ4v) is 2.14. The van der Waals surface area contributed by atoms with Crippen molar-refractivity contribution in [2.75, 3.05) is 6.61 Å². The van der Waals surface area contributed by atoms with Crippen LogP contribution >= 0.6 is 0 Å². The summed E-state index contributed by atoms with van der Waals surface area (Å²) in [4.78, 5) is 23.1. The van der Waals surface area contributed by atoms with Crippen LogP contribution in [-0.2, 0) is 14.3 Å². The predicted octanol–water partition coefficient (Wildman–Crippen LogP) is 2.11. The van der Waals surface area contributed by atoms with Crippen molar-refractivity contribution in [3.63, 3.8) is 0 Å². The van der Waals surface area contributed by atoms with Crippen LogP contribution in [0.4, 0.5) is 0 Å². The number of allylic oxidation sites excluding steroid dienone is 1. The average Bonchev–Trinajstić information content (AvgIpc) is 2.16. The fraction of sp³-hybridized carbons (Fsp3) is 0.667. The Morgan fingerprint density at radius 1 is 1.53 bits per heavy atom. The molecule has 0 saturated carbocycles. The van der Waals surface area contributed by atoms with Crippen molar-refractivity contribution in [3.8, 4) is 0 Å². The number of hydrogen-bond acceptors (Lipinski definition) is 3. The molecule has 3 heteroatoms. The first-order valence-corrected chi connectivity index (χ1v) is 5.47. The molecule has 84 valence electrons. The van der Waals surface area contributed by atoms with E-state index in [2.05, 4.69) is 0 Å². The minimum absolute atomic E-state index is 0.113. The number of esters is 1. The zero-order valence-electron chi connectivity index (χ0n) is 9.58. The van der Waals surface area contributed by atoms with Gasteiger partial charge in [0.2, 0.25) is 0 Å². The molecule has 0 aromatic carbocycles. The number of ketones is 1. The van der Waals surface area contributed by atoms with Gasteiger partial charge in [-0.05, 0) is 25.8 Å². The smallest absolute Gasteiger partial charge is 0.313 e. The molecule has 0 fully saturated rings. The summed E-state index contributed by atoms with van der Waals surface area (Å²) in [6.07, 6.45) is 2.88. The van der Waals surface area contributed by atoms with Gasteiger partial charge in [0.15, 0.2) is 5.78 Å². The van der Waals surface area contributed by atoms with Crippen molar-refractivity contribution >= 4 is 11.8 Å². The molecule has 1 aliphatic rings. The first kappa shape index (κ1) is 12.0. The summed E-state index contributed by atoms with van der Waals surface area (Å²) in [5.74, 6) is -0.167. The molecule has 0 aromatic heterocycles. The van der Waals surface area contributed by atoms with Crippen molar-refractivity contribution in [1.82, 2.24) is 0 Å². The van der Waals surface area contributed by atoms with Crippen LogP contribution in [0.3, 0.4) is 0 Å². The van der Waals surface area contributed by atoms with E-state index in [1.54, 1.807) is 13.0 Å². The Bertz CT molecular complexity index is 291. The Kier molecular flexibility index (Phi) is 4.06. The molecule has 0 bridgehead atoms. The second-order valence-corrected chi connectivity index (χ2v) is 3.96. The van der Waals surface area contributed by atoms with E-state index in [1.165, 1.54) is 0 Å². The summed E-state index contributed by atoms with van der Waals surface area (Å²) in [6.45, 7) is 6.03. The number of ether oxygens (including phenoxy) is 1. The highest BCUT2D eigenvalue weighted by Crippen LogP contribution is 2.32. The molecule has 3 nitrogen and oxygen atoms in total. The molecule has 2 atom stereocenters. The molecule has 0 amide bonds. The number of carbonyl (C=O) groups is 2. The van der Waals surface area contributed by atoms with Crippen LogP contribution in [0.15, 0.2) is 11.6 Å². The van der Waals surface area contributed by atoms with E-state index in [0.29, 0.717) is 13.0 Å². The van der Waals surface area contributed by atoms with E-state index in [1.807, 2.05) is 13.8 Å². The Balaban J connectivity index is 2.86. The third kappa shape index (κ3) is 2.67. The summed E-state index contributed by atoms with van der Waals surface area (Å²) in [6, 6.07) is 0. The van der Waals surface area contributed by atoms with E-state index in [9.17, 15) is 9.59 Å². The lowest BCUT2D eigenvalue weighted by Gasteiger charge is -2.27. The maximum Gasteiger partial charge on any atom is 0.313 e. The van der Waals surface area contributed by atoms with Gasteiger partial charge in [-0.1, -0.05) is 18.9 Å². The molecule has 1 aliphatic carbocycles. The molecule has 0 aliphatic heterocycles. The lowest BCUT2D eigenvalue weighted by Crippen LogP contribution is -2.31. The second-order valence-electron chi connectivity index (χ2n) is 3.96. The molecule has 0 spiro atoms. The highest BCUT2D eigenvalue weighted by Gasteiger charge is 2.34. The van der Waals surface area contributed by atoms with Crippen LogP contribution in [0.25, 0.3) is 0 Å². The Labute approximate surface area is 90.5 Å². The molecule has 0 unspecified atom stereocenters. The summed E-state index contributed by atoms with van der Waals surface area (Å²) in [7, 11) is 0. The van der Waals surface area contributed by atoms with Gasteiger partial charge in [0, 0.05) is 6.42 Å². The van der Waals surface area contributed by atoms with Crippen molar-refractivity contribution in [2.45, 2.75) is 33.6 Å². The Hall–Kier alpha value is -1.12. The zero-order chi connectivity index (χ0) is 11.4. The van der Waals surface area contributed by atoms with Gasteiger partial charge in [0.25, 0.3) is 0 Å². The Morgan fingerprint density at radius 3 is 2.73 bits per heavy atom. The quantitative estimate of drug-likeness (QED) is 0.670. The van der Waals surface area contributed by atoms with Crippen LogP contribution < -0.4 is 0 Å². The van der Waals surface area contributed by atoms with Gasteiger partial charge in [-0.2, -0.15) is 0 Å². The normalized spacial score (nSPS) is 26.1. The summed E-state index contributed by atoms with van der Waals surface area (Å²) in [5, 5.41) is 0. The second kappa shape index (κ2) is 5.10. The van der Waals surface area contributed by atoms with Gasteiger partial charge in [-0.15, -0.1) is 0 Å². The highest BCUT2D eigenvalue weighted by atomic mass is 16.5. The maximum absolute atomic E-state index is 11.7. The SMILES string of the molecule is CCOC(=O)[C@H]1C(C)=CC(=O)C[C@@H]1CC. The molecule has 0 saturated heterocycles. The predicted molar refractivity (Wildman–Crippen MR) is 57.3 cm³/mol. The van der Waals surface area contributed by atoms with Crippen LogP contribution in [0.1, 0.15) is 33.6 Å². The van der Waals surface area contributed by atoms with Crippen molar-refractivity contribution < 1.29 is 14.3 Å². The van der Waals surface area contributed by atoms with Gasteiger partial charge in [-0.3, -0.25) is 9.59 Å². The van der Waals surface area contributed by atoms with Crippen molar-refractivity contribution in [2.24, 2.45) is 11.8 Å². The standard InChI is InChI=1S/C12H18O3/c1-4-9-7-10(13)6-8(3)11(9)12(14)15-5-2/h6,9,11H,4-5,7H2,1-3H3/t9-,11-/m0/s1. The average molecular weight is 210 g/mol. The minimum Gasteiger partial charge on any atom is -0.466 e. The molecule has 15 heavy (non-hydrogen) atoms. The minimum atomic E-state index is -0.215. The van der Waals surface area contributed by atoms with Crippen molar-refractivity contribution in [1.29, 1.82) is 0 Å². The van der Waals surface area contributed by atoms with Crippen molar-refractivity contribution in [3.05, 3.63) is 11.6 Å². The molecule has 0 heterocycles. The van der Waals surface area contributed by atoms with Crippen LogP contribution in [0.5, 0.6) is 0 Å². The van der Waals surface area contributed by atoms with E-state index in [0.717, 1.165) is 12.0 Å². The molecular weight excluding hydrogens is 192 g/mol. The molecular formula is C12H18O3. The lowest BCUT2D eigenvalue weighted by molar-refractivity contribution is -0.148. The van der Waals surface area contributed by atoms with Crippen LogP contribution in [-0.4, -0.2) is 18.4 Å². The monoisotopic (exact) mass is 210 g/mol. The topological polar surface area (TPSA) is 43.4 Å². The van der Waals surface area contributed by atoms with Gasteiger partial charge >= 0.3 is 5.97 Å². The summed E-state index contributed by atoms with van der Waals surface area (Å²) >= 11 is 0. The Morgan fingerprint density at radius 2 is 2.20 bits per heavy atom. The molecule has 0 N–H and O–H groups in total. The third-order valence-electron chi connectivity index (χ3n) is 2.88. The number of carbonyl (C=O) groups excluding carboxylic acids is 2. The van der Waals surface area contributed by atoms with Gasteiger partial charge in [0.1, 0.15) is 0 Å². The summed E-state index contributed by atoms with van der Waals surface area (Å²) in [5.41, 5.74) is 0.844. The van der Waals surface area contributed by atoms with E-state index in [4.69, 9.17) is 4.74 Å². The van der Waals surface area contributed by atoms with Gasteiger partial charge in [-0.25, -0.2) is 0 Å². The zero-order valence-corrected chi connectivity index (χ0v) is 9.58. The molecule has 0 radical (unpaired) electrons. The third-order valence-corrected chi connectivity index (χ3v) is 2.88. The van der Waals surface area contributed by atoms with Gasteiger partial charge in [0.05, 0.1) is 12.5 Å². The fourth-order valence-electron chi connectivity index (χ4n) is 2.14. The van der Waals surface area contributed by atoms with Crippen LogP contribution in [0, 0.1) is 11.8 Å². The number of hydrogen-bond donors (Lipinski definition) is 0. The van der Waals surface area contributed by atoms with Gasteiger partial charge < -0.3 is 4.74 Å². The van der Waals surface area contributed by atoms with E-state index < -0.39 is 0 Å². The molecule has 0 aromatic rings. The largest absolute Gasteiger partial charge is 0.466 e. The summed E-state index contributed by atoms with van der Waals surface area (Å²) < 4.78 is 5.03. The van der Waals surface area contributed by atoms with E-state index >= 15 is 0 Å². The van der Waals surface area contributed by atoms with Crippen LogP contribution in [0.2, 0.25) is 0 Å². The first-order chi connectivity index (χ1) is 7.10. The lowest BCUT2D eigenvalue weighted by atomic mass is 9.77. The molecule has 1 rings (SSSR count). The highest BCUT2D eigenvalue weighted by molar-refractivity contribution is 5.94. The first-order valence-electron chi connectivity index (χ1n) is 5.47.